The number of pyridine rings is 2. The minimum Gasteiger partial charge on any atom is -0.487 e. The van der Waals surface area contributed by atoms with Crippen LogP contribution in [0.1, 0.15) is 15.2 Å². The second-order valence-corrected chi connectivity index (χ2v) is 6.44. The fourth-order valence-electron chi connectivity index (χ4n) is 2.54. The summed E-state index contributed by atoms with van der Waals surface area (Å²) in [5, 5.41) is 0. The number of rotatable bonds is 5. The zero-order chi connectivity index (χ0) is 17.2. The summed E-state index contributed by atoms with van der Waals surface area (Å²) in [6.45, 7) is 0.317. The average Bonchev–Trinajstić information content (AvgIpc) is 3.25. The lowest BCUT2D eigenvalue weighted by Crippen LogP contribution is -2.10. The summed E-state index contributed by atoms with van der Waals surface area (Å²) < 4.78 is 7.78. The molecule has 0 atom stereocenters. The number of imidazole rings is 1. The van der Waals surface area contributed by atoms with E-state index >= 15 is 0 Å². The molecule has 124 valence electrons. The first-order valence-corrected chi connectivity index (χ1v) is 8.42. The highest BCUT2D eigenvalue weighted by Crippen LogP contribution is 2.36. The number of aromatic nitrogens is 3. The van der Waals surface area contributed by atoms with Gasteiger partial charge >= 0.3 is 0 Å². The Bertz CT molecular complexity index is 1040. The van der Waals surface area contributed by atoms with Gasteiger partial charge in [-0.15, -0.1) is 11.3 Å². The monoisotopic (exact) mass is 350 g/mol. The van der Waals surface area contributed by atoms with Crippen LogP contribution in [0.25, 0.3) is 16.2 Å². The number of primary amides is 1. The molecule has 0 spiro atoms. The average molecular weight is 350 g/mol. The summed E-state index contributed by atoms with van der Waals surface area (Å²) in [4.78, 5) is 21.5. The molecule has 4 aromatic heterocycles. The first kappa shape index (κ1) is 15.3. The Morgan fingerprint density at radius 1 is 1.24 bits per heavy atom. The lowest BCUT2D eigenvalue weighted by molar-refractivity contribution is 0.1000. The smallest absolute Gasteiger partial charge is 0.262 e. The van der Waals surface area contributed by atoms with Gasteiger partial charge in [-0.2, -0.15) is 0 Å². The summed E-state index contributed by atoms with van der Waals surface area (Å²) in [6, 6.07) is 11.4. The van der Waals surface area contributed by atoms with Gasteiger partial charge in [0, 0.05) is 30.2 Å². The van der Waals surface area contributed by atoms with E-state index in [-0.39, 0.29) is 0 Å². The fraction of sp³-hybridized carbons (Fsp3) is 0.0556. The van der Waals surface area contributed by atoms with Crippen molar-refractivity contribution in [2.45, 2.75) is 6.61 Å². The van der Waals surface area contributed by atoms with E-state index in [1.807, 2.05) is 47.0 Å². The van der Waals surface area contributed by atoms with Crippen molar-refractivity contribution in [2.24, 2.45) is 5.73 Å². The Morgan fingerprint density at radius 2 is 2.16 bits per heavy atom. The van der Waals surface area contributed by atoms with E-state index in [1.54, 1.807) is 18.6 Å². The highest BCUT2D eigenvalue weighted by molar-refractivity contribution is 7.17. The molecule has 0 saturated carbocycles. The molecule has 6 nitrogen and oxygen atoms in total. The van der Waals surface area contributed by atoms with Crippen LogP contribution in [0.15, 0.2) is 61.2 Å². The number of nitrogens with two attached hydrogens (primary N) is 1. The van der Waals surface area contributed by atoms with E-state index < -0.39 is 5.91 Å². The summed E-state index contributed by atoms with van der Waals surface area (Å²) >= 11 is 1.30. The molecule has 4 heterocycles. The van der Waals surface area contributed by atoms with Crippen molar-refractivity contribution in [3.8, 4) is 16.3 Å². The topological polar surface area (TPSA) is 82.5 Å². The maximum absolute atomic E-state index is 11.8. The minimum atomic E-state index is -0.508. The SMILES string of the molecule is NC(=O)c1sc(-c2cnc3ccccn23)cc1OCc1cccnc1. The summed E-state index contributed by atoms with van der Waals surface area (Å²) in [6.07, 6.45) is 7.13. The highest BCUT2D eigenvalue weighted by Gasteiger charge is 2.18. The Hall–Kier alpha value is -3.19. The van der Waals surface area contributed by atoms with E-state index in [4.69, 9.17) is 10.5 Å². The van der Waals surface area contributed by atoms with Gasteiger partial charge in [0.1, 0.15) is 22.9 Å². The number of carbonyl (C=O) groups excluding carboxylic acids is 1. The van der Waals surface area contributed by atoms with Gasteiger partial charge in [0.2, 0.25) is 0 Å². The summed E-state index contributed by atoms with van der Waals surface area (Å²) in [5.74, 6) is -0.0338. The molecule has 4 aromatic rings. The second-order valence-electron chi connectivity index (χ2n) is 5.39. The fourth-order valence-corrected chi connectivity index (χ4v) is 3.50. The van der Waals surface area contributed by atoms with Gasteiger partial charge in [-0.1, -0.05) is 12.1 Å². The Balaban J connectivity index is 1.69. The van der Waals surface area contributed by atoms with Gasteiger partial charge in [-0.3, -0.25) is 14.2 Å². The van der Waals surface area contributed by atoms with Crippen LogP contribution >= 0.6 is 11.3 Å². The van der Waals surface area contributed by atoms with Crippen LogP contribution in [-0.2, 0) is 6.61 Å². The lowest BCUT2D eigenvalue weighted by Gasteiger charge is -2.05. The van der Waals surface area contributed by atoms with Gasteiger partial charge in [0.05, 0.1) is 16.8 Å². The van der Waals surface area contributed by atoms with E-state index in [0.29, 0.717) is 17.2 Å². The van der Waals surface area contributed by atoms with Crippen molar-refractivity contribution in [1.82, 2.24) is 14.4 Å². The molecule has 0 aliphatic rings. The van der Waals surface area contributed by atoms with Crippen LogP contribution in [-0.4, -0.2) is 20.3 Å². The van der Waals surface area contributed by atoms with Gasteiger partial charge in [-0.05, 0) is 18.2 Å². The van der Waals surface area contributed by atoms with Crippen LogP contribution in [0.5, 0.6) is 5.75 Å². The quantitative estimate of drug-likeness (QED) is 0.599. The summed E-state index contributed by atoms with van der Waals surface area (Å²) in [7, 11) is 0. The third-order valence-corrected chi connectivity index (χ3v) is 4.86. The third kappa shape index (κ3) is 2.97. The molecule has 0 bridgehead atoms. The Kier molecular flexibility index (Phi) is 3.91. The zero-order valence-electron chi connectivity index (χ0n) is 13.1. The van der Waals surface area contributed by atoms with Gasteiger partial charge in [0.15, 0.2) is 0 Å². The minimum absolute atomic E-state index is 0.317. The van der Waals surface area contributed by atoms with Crippen LogP contribution in [0.2, 0.25) is 0 Å². The largest absolute Gasteiger partial charge is 0.487 e. The van der Waals surface area contributed by atoms with Crippen molar-refractivity contribution >= 4 is 22.9 Å². The molecule has 0 fully saturated rings. The number of carbonyl (C=O) groups is 1. The van der Waals surface area contributed by atoms with Crippen LogP contribution < -0.4 is 10.5 Å². The van der Waals surface area contributed by atoms with Crippen molar-refractivity contribution in [3.63, 3.8) is 0 Å². The van der Waals surface area contributed by atoms with Crippen molar-refractivity contribution < 1.29 is 9.53 Å². The number of hydrogen-bond acceptors (Lipinski definition) is 5. The molecule has 0 aromatic carbocycles. The Morgan fingerprint density at radius 3 is 2.96 bits per heavy atom. The van der Waals surface area contributed by atoms with Crippen molar-refractivity contribution in [3.05, 3.63) is 71.6 Å². The van der Waals surface area contributed by atoms with Crippen LogP contribution in [0.3, 0.4) is 0 Å². The first-order chi connectivity index (χ1) is 12.2. The van der Waals surface area contributed by atoms with Gasteiger partial charge < -0.3 is 10.5 Å². The number of thiophene rings is 1. The van der Waals surface area contributed by atoms with Crippen LogP contribution in [0.4, 0.5) is 0 Å². The molecule has 7 heteroatoms. The van der Waals surface area contributed by atoms with Crippen LogP contribution in [0, 0.1) is 0 Å². The maximum atomic E-state index is 11.8. The van der Waals surface area contributed by atoms with Gasteiger partial charge in [0.25, 0.3) is 5.91 Å². The van der Waals surface area contributed by atoms with Gasteiger partial charge in [-0.25, -0.2) is 4.98 Å². The standard InChI is InChI=1S/C18H14N4O2S/c19-18(23)17-14(24-11-12-4-3-6-20-9-12)8-15(25-17)13-10-21-16-5-1-2-7-22(13)16/h1-10H,11H2,(H2,19,23). The number of ether oxygens (including phenoxy) is 1. The molecule has 0 radical (unpaired) electrons. The third-order valence-electron chi connectivity index (χ3n) is 3.71. The molecule has 2 N–H and O–H groups in total. The molecule has 0 aliphatic carbocycles. The number of amides is 1. The molecule has 0 unspecified atom stereocenters. The van der Waals surface area contributed by atoms with E-state index in [2.05, 4.69) is 9.97 Å². The van der Waals surface area contributed by atoms with E-state index in [1.165, 1.54) is 11.3 Å². The normalized spacial score (nSPS) is 10.9. The number of nitrogens with zero attached hydrogens (tertiary/aromatic N) is 3. The van der Waals surface area contributed by atoms with E-state index in [9.17, 15) is 4.79 Å². The summed E-state index contributed by atoms with van der Waals surface area (Å²) in [5.41, 5.74) is 8.16. The second kappa shape index (κ2) is 6.37. The van der Waals surface area contributed by atoms with Crippen molar-refractivity contribution in [1.29, 1.82) is 0 Å². The predicted molar refractivity (Wildman–Crippen MR) is 95.6 cm³/mol. The highest BCUT2D eigenvalue weighted by atomic mass is 32.1. The molecule has 1 amide bonds. The molecule has 4 rings (SSSR count). The molecule has 0 saturated heterocycles. The predicted octanol–water partition coefficient (Wildman–Crippen LogP) is 3.14. The lowest BCUT2D eigenvalue weighted by atomic mass is 10.3. The number of hydrogen-bond donors (Lipinski definition) is 1. The Labute approximate surface area is 147 Å². The molecule has 0 aliphatic heterocycles. The molecular weight excluding hydrogens is 336 g/mol. The maximum Gasteiger partial charge on any atom is 0.262 e. The first-order valence-electron chi connectivity index (χ1n) is 7.60. The molecule has 25 heavy (non-hydrogen) atoms. The van der Waals surface area contributed by atoms with Crippen molar-refractivity contribution in [2.75, 3.05) is 0 Å². The molecular formula is C18H14N4O2S. The number of fused-ring (bicyclic) bond motifs is 1. The van der Waals surface area contributed by atoms with E-state index in [0.717, 1.165) is 21.8 Å². The zero-order valence-corrected chi connectivity index (χ0v) is 13.9.